The molecule has 0 saturated carbocycles. The number of aryl methyl sites for hydroxylation is 1. The van der Waals surface area contributed by atoms with Crippen LogP contribution in [0.3, 0.4) is 0 Å². The molecule has 3 aromatic rings. The van der Waals surface area contributed by atoms with Crippen LogP contribution in [0.15, 0.2) is 53.3 Å². The minimum Gasteiger partial charge on any atom is -0.322 e. The average Bonchev–Trinajstić information content (AvgIpc) is 2.69. The van der Waals surface area contributed by atoms with Crippen molar-refractivity contribution >= 4 is 16.7 Å². The van der Waals surface area contributed by atoms with Gasteiger partial charge in [0.1, 0.15) is 5.82 Å². The third-order valence-corrected chi connectivity index (χ3v) is 4.23. The molecule has 6 heteroatoms. The molecule has 0 unspecified atom stereocenters. The predicted molar refractivity (Wildman–Crippen MR) is 102 cm³/mol. The van der Waals surface area contributed by atoms with Crippen LogP contribution in [0.2, 0.25) is 0 Å². The normalized spacial score (nSPS) is 10.6. The summed E-state index contributed by atoms with van der Waals surface area (Å²) in [5.74, 6) is 1.74. The summed E-state index contributed by atoms with van der Waals surface area (Å²) in [6.45, 7) is 2.41. The van der Waals surface area contributed by atoms with Crippen LogP contribution < -0.4 is 5.56 Å². The third kappa shape index (κ3) is 3.72. The number of carbonyl (C=O) groups is 1. The minimum absolute atomic E-state index is 0.0669. The maximum Gasteiger partial charge on any atom is 0.276 e. The number of amides is 1. The van der Waals surface area contributed by atoms with Crippen molar-refractivity contribution in [2.75, 3.05) is 6.54 Å². The highest BCUT2D eigenvalue weighted by molar-refractivity contribution is 6.04. The second-order valence-electron chi connectivity index (χ2n) is 6.01. The van der Waals surface area contributed by atoms with Gasteiger partial charge in [-0.1, -0.05) is 36.3 Å². The zero-order valence-corrected chi connectivity index (χ0v) is 14.9. The van der Waals surface area contributed by atoms with Crippen molar-refractivity contribution in [1.82, 2.24) is 14.7 Å². The van der Waals surface area contributed by atoms with E-state index in [1.54, 1.807) is 43.3 Å². The number of hydrogen-bond acceptors (Lipinski definition) is 3. The maximum absolute atomic E-state index is 13.2. The van der Waals surface area contributed by atoms with E-state index in [-0.39, 0.29) is 36.1 Å². The quantitative estimate of drug-likeness (QED) is 0.655. The molecule has 0 aliphatic heterocycles. The first-order valence-electron chi connectivity index (χ1n) is 8.52. The van der Waals surface area contributed by atoms with Gasteiger partial charge < -0.3 is 4.90 Å². The van der Waals surface area contributed by atoms with Crippen LogP contribution in [-0.4, -0.2) is 27.1 Å². The Hall–Kier alpha value is -3.46. The molecule has 5 nitrogen and oxygen atoms in total. The second-order valence-corrected chi connectivity index (χ2v) is 6.01. The highest BCUT2D eigenvalue weighted by Gasteiger charge is 2.21. The van der Waals surface area contributed by atoms with Crippen molar-refractivity contribution in [3.8, 4) is 12.3 Å². The highest BCUT2D eigenvalue weighted by atomic mass is 19.1. The Bertz CT molecular complexity index is 1080. The van der Waals surface area contributed by atoms with Crippen LogP contribution >= 0.6 is 0 Å². The highest BCUT2D eigenvalue weighted by Crippen LogP contribution is 2.17. The molecule has 0 saturated heterocycles. The average molecular weight is 363 g/mol. The Balaban J connectivity index is 2.06. The second kappa shape index (κ2) is 7.83. The lowest BCUT2D eigenvalue weighted by Crippen LogP contribution is -2.34. The Morgan fingerprint density at radius 1 is 1.19 bits per heavy atom. The Kier molecular flexibility index (Phi) is 5.32. The molecular formula is C21H18FN3O2. The van der Waals surface area contributed by atoms with Crippen LogP contribution in [0.5, 0.6) is 0 Å². The van der Waals surface area contributed by atoms with Gasteiger partial charge in [0.25, 0.3) is 11.5 Å². The summed E-state index contributed by atoms with van der Waals surface area (Å²) in [6.07, 6.45) is 5.44. The van der Waals surface area contributed by atoms with Crippen LogP contribution in [0, 0.1) is 18.2 Å². The van der Waals surface area contributed by atoms with E-state index in [0.717, 1.165) is 5.56 Å². The molecule has 2 aromatic carbocycles. The molecule has 1 heterocycles. The monoisotopic (exact) mass is 363 g/mol. The smallest absolute Gasteiger partial charge is 0.276 e. The van der Waals surface area contributed by atoms with E-state index >= 15 is 0 Å². The molecule has 0 aliphatic carbocycles. The fraction of sp³-hybridized carbons (Fsp3) is 0.190. The van der Waals surface area contributed by atoms with Crippen LogP contribution in [0.25, 0.3) is 10.8 Å². The molecule has 0 fully saturated rings. The topological polar surface area (TPSA) is 55.2 Å². The predicted octanol–water partition coefficient (Wildman–Crippen LogP) is 2.83. The fourth-order valence-corrected chi connectivity index (χ4v) is 2.88. The van der Waals surface area contributed by atoms with Gasteiger partial charge in [-0.25, -0.2) is 9.07 Å². The summed E-state index contributed by atoms with van der Waals surface area (Å²) >= 11 is 0. The molecule has 27 heavy (non-hydrogen) atoms. The summed E-state index contributed by atoms with van der Waals surface area (Å²) < 4.78 is 14.4. The summed E-state index contributed by atoms with van der Waals surface area (Å²) in [5, 5.41) is 5.18. The molecule has 0 bridgehead atoms. The first-order chi connectivity index (χ1) is 13.0. The number of rotatable bonds is 5. The zero-order valence-electron chi connectivity index (χ0n) is 14.9. The SMILES string of the molecule is C#CCN(Cc1ccc(F)cc1)C(=O)c1nn(CC)c(=O)c2ccccc12. The number of benzene rings is 2. The van der Waals surface area contributed by atoms with E-state index in [0.29, 0.717) is 17.3 Å². The van der Waals surface area contributed by atoms with Crippen molar-refractivity contribution < 1.29 is 9.18 Å². The third-order valence-electron chi connectivity index (χ3n) is 4.23. The van der Waals surface area contributed by atoms with E-state index in [9.17, 15) is 14.0 Å². The van der Waals surface area contributed by atoms with Crippen LogP contribution in [0.4, 0.5) is 4.39 Å². The molecule has 0 atom stereocenters. The maximum atomic E-state index is 13.2. The molecule has 0 aliphatic rings. The van der Waals surface area contributed by atoms with Gasteiger partial charge in [-0.05, 0) is 30.7 Å². The number of aromatic nitrogens is 2. The molecule has 0 spiro atoms. The summed E-state index contributed by atoms with van der Waals surface area (Å²) in [5.41, 5.74) is 0.671. The van der Waals surface area contributed by atoms with Crippen molar-refractivity contribution in [3.63, 3.8) is 0 Å². The van der Waals surface area contributed by atoms with E-state index in [2.05, 4.69) is 11.0 Å². The van der Waals surface area contributed by atoms with Gasteiger partial charge in [-0.3, -0.25) is 9.59 Å². The van der Waals surface area contributed by atoms with Crippen molar-refractivity contribution in [2.24, 2.45) is 0 Å². The van der Waals surface area contributed by atoms with Gasteiger partial charge in [-0.2, -0.15) is 5.10 Å². The van der Waals surface area contributed by atoms with E-state index < -0.39 is 0 Å². The van der Waals surface area contributed by atoms with E-state index in [1.165, 1.54) is 21.7 Å². The van der Waals surface area contributed by atoms with Crippen LogP contribution in [0.1, 0.15) is 23.0 Å². The molecule has 0 N–H and O–H groups in total. The number of carbonyl (C=O) groups excluding carboxylic acids is 1. The Morgan fingerprint density at radius 3 is 2.48 bits per heavy atom. The first-order valence-corrected chi connectivity index (χ1v) is 8.52. The number of hydrogen-bond donors (Lipinski definition) is 0. The van der Waals surface area contributed by atoms with Crippen molar-refractivity contribution in [1.29, 1.82) is 0 Å². The standard InChI is InChI=1S/C21H18FN3O2/c1-3-13-24(14-15-9-11-16(22)12-10-15)21(27)19-17-7-5-6-8-18(17)20(26)25(4-2)23-19/h1,5-12H,4,13-14H2,2H3. The van der Waals surface area contributed by atoms with Crippen molar-refractivity contribution in [3.05, 3.63) is 76.0 Å². The fourth-order valence-electron chi connectivity index (χ4n) is 2.88. The number of terminal acetylenes is 1. The zero-order chi connectivity index (χ0) is 19.4. The van der Waals surface area contributed by atoms with Crippen LogP contribution in [-0.2, 0) is 13.1 Å². The Labute approximate surface area is 156 Å². The number of halogens is 1. The Morgan fingerprint density at radius 2 is 1.85 bits per heavy atom. The molecule has 1 aromatic heterocycles. The summed E-state index contributed by atoms with van der Waals surface area (Å²) in [7, 11) is 0. The summed E-state index contributed by atoms with van der Waals surface area (Å²) in [6, 6.07) is 12.7. The molecule has 136 valence electrons. The van der Waals surface area contributed by atoms with Crippen molar-refractivity contribution in [2.45, 2.75) is 20.0 Å². The van der Waals surface area contributed by atoms with Gasteiger partial charge in [0.05, 0.1) is 11.9 Å². The largest absolute Gasteiger partial charge is 0.322 e. The number of nitrogens with zero attached hydrogens (tertiary/aromatic N) is 3. The van der Waals surface area contributed by atoms with E-state index in [4.69, 9.17) is 6.42 Å². The first kappa shape index (κ1) is 18.3. The minimum atomic E-state index is -0.379. The van der Waals surface area contributed by atoms with Gasteiger partial charge in [-0.15, -0.1) is 6.42 Å². The van der Waals surface area contributed by atoms with Gasteiger partial charge >= 0.3 is 0 Å². The van der Waals surface area contributed by atoms with Gasteiger partial charge in [0, 0.05) is 18.5 Å². The lowest BCUT2D eigenvalue weighted by Gasteiger charge is -2.21. The molecule has 1 amide bonds. The lowest BCUT2D eigenvalue weighted by molar-refractivity contribution is 0.0759. The van der Waals surface area contributed by atoms with Gasteiger partial charge in [0.2, 0.25) is 0 Å². The van der Waals surface area contributed by atoms with E-state index in [1.807, 2.05) is 0 Å². The van der Waals surface area contributed by atoms with Gasteiger partial charge in [0.15, 0.2) is 5.69 Å². The molecule has 0 radical (unpaired) electrons. The molecular weight excluding hydrogens is 345 g/mol. The molecule has 3 rings (SSSR count). The summed E-state index contributed by atoms with van der Waals surface area (Å²) in [4.78, 5) is 27.1. The number of fused-ring (bicyclic) bond motifs is 1. The lowest BCUT2D eigenvalue weighted by atomic mass is 10.1.